The summed E-state index contributed by atoms with van der Waals surface area (Å²) in [6.45, 7) is 3.97. The molecule has 1 unspecified atom stereocenters. The van der Waals surface area contributed by atoms with Gasteiger partial charge >= 0.3 is 5.97 Å². The summed E-state index contributed by atoms with van der Waals surface area (Å²) in [7, 11) is 0. The monoisotopic (exact) mass is 475 g/mol. The number of nitrogens with zero attached hydrogens (tertiary/aromatic N) is 1. The largest absolute Gasteiger partial charge is 0.487 e. The van der Waals surface area contributed by atoms with Crippen LogP contribution < -0.4 is 4.74 Å². The molecule has 5 nitrogen and oxygen atoms in total. The van der Waals surface area contributed by atoms with E-state index in [0.29, 0.717) is 31.4 Å². The Balaban J connectivity index is 1.42. The molecule has 0 spiro atoms. The topological polar surface area (TPSA) is 66.8 Å². The molecule has 6 heteroatoms. The average molecular weight is 476 g/mol. The number of carbonyl (C=O) groups excluding carboxylic acids is 1. The summed E-state index contributed by atoms with van der Waals surface area (Å²) < 4.78 is 20.3. The molecule has 0 bridgehead atoms. The molecule has 1 aliphatic rings. The highest BCUT2D eigenvalue weighted by molar-refractivity contribution is 5.83. The summed E-state index contributed by atoms with van der Waals surface area (Å²) in [4.78, 5) is 25.8. The summed E-state index contributed by atoms with van der Waals surface area (Å²) in [6.07, 6.45) is 1.74. The average Bonchev–Trinajstić information content (AvgIpc) is 3.13. The van der Waals surface area contributed by atoms with Crippen LogP contribution in [-0.4, -0.2) is 40.6 Å². The predicted octanol–water partition coefficient (Wildman–Crippen LogP) is 4.77. The van der Waals surface area contributed by atoms with Crippen molar-refractivity contribution in [3.8, 4) is 5.75 Å². The molecule has 35 heavy (non-hydrogen) atoms. The zero-order valence-electron chi connectivity index (χ0n) is 20.1. The zero-order chi connectivity index (χ0) is 25.0. The number of carboxylic acid groups (broad SMARTS) is 1. The zero-order valence-corrected chi connectivity index (χ0v) is 20.1. The lowest BCUT2D eigenvalue weighted by Gasteiger charge is -2.24. The highest BCUT2D eigenvalue weighted by Gasteiger charge is 2.35. The van der Waals surface area contributed by atoms with E-state index in [1.54, 1.807) is 12.1 Å². The van der Waals surface area contributed by atoms with Gasteiger partial charge in [-0.3, -0.25) is 9.59 Å². The van der Waals surface area contributed by atoms with Crippen LogP contribution in [0.4, 0.5) is 4.39 Å². The maximum atomic E-state index is 14.2. The van der Waals surface area contributed by atoms with E-state index in [1.165, 1.54) is 11.0 Å². The van der Waals surface area contributed by atoms with Gasteiger partial charge in [0.1, 0.15) is 23.7 Å². The number of aliphatic carboxylic acids is 1. The number of hydrogen-bond acceptors (Lipinski definition) is 3. The third kappa shape index (κ3) is 6.27. The van der Waals surface area contributed by atoms with Crippen LogP contribution in [0.3, 0.4) is 0 Å². The Bertz CT molecular complexity index is 1240. The highest BCUT2D eigenvalue weighted by Crippen LogP contribution is 2.38. The van der Waals surface area contributed by atoms with E-state index >= 15 is 0 Å². The Labute approximate surface area is 205 Å². The van der Waals surface area contributed by atoms with Crippen LogP contribution >= 0.6 is 0 Å². The Hall–Kier alpha value is -3.67. The summed E-state index contributed by atoms with van der Waals surface area (Å²) in [5, 5.41) is 9.33. The van der Waals surface area contributed by atoms with Crippen LogP contribution in [-0.2, 0) is 35.3 Å². The first-order valence-corrected chi connectivity index (χ1v) is 11.8. The van der Waals surface area contributed by atoms with Crippen LogP contribution in [0.15, 0.2) is 66.7 Å². The Morgan fingerprint density at radius 3 is 2.60 bits per heavy atom. The van der Waals surface area contributed by atoms with E-state index in [4.69, 9.17) is 4.74 Å². The predicted molar refractivity (Wildman–Crippen MR) is 132 cm³/mol. The standard InChI is InChI=1S/C29H30FNO4/c1-20-6-5-7-21(14-20)12-13-31(19-28(33)34)27(32)16-22-10-11-26-24(15-22)18-29(2,35-26)17-23-8-3-4-9-25(23)30/h3-11,14-15H,12-13,16-19H2,1-2H3,(H,33,34). The molecule has 1 amide bonds. The molecular weight excluding hydrogens is 445 g/mol. The van der Waals surface area contributed by atoms with Crippen LogP contribution in [0.2, 0.25) is 0 Å². The van der Waals surface area contributed by atoms with E-state index in [0.717, 1.165) is 28.0 Å². The van der Waals surface area contributed by atoms with Gasteiger partial charge in [-0.2, -0.15) is 0 Å². The molecule has 0 aliphatic carbocycles. The van der Waals surface area contributed by atoms with Gasteiger partial charge in [-0.15, -0.1) is 0 Å². The van der Waals surface area contributed by atoms with Gasteiger partial charge in [-0.05, 0) is 54.7 Å². The number of hydrogen-bond donors (Lipinski definition) is 1. The second kappa shape index (κ2) is 10.3. The number of aryl methyl sites for hydroxylation is 1. The van der Waals surface area contributed by atoms with Gasteiger partial charge in [-0.1, -0.05) is 60.2 Å². The molecule has 182 valence electrons. The van der Waals surface area contributed by atoms with Gasteiger partial charge in [0.15, 0.2) is 0 Å². The van der Waals surface area contributed by atoms with E-state index in [-0.39, 0.29) is 24.7 Å². The fourth-order valence-electron chi connectivity index (χ4n) is 4.70. The summed E-state index contributed by atoms with van der Waals surface area (Å²) in [5.74, 6) is -0.771. The van der Waals surface area contributed by atoms with Crippen molar-refractivity contribution in [3.63, 3.8) is 0 Å². The second-order valence-corrected chi connectivity index (χ2v) is 9.56. The van der Waals surface area contributed by atoms with Crippen LogP contribution in [0.5, 0.6) is 5.75 Å². The first-order chi connectivity index (χ1) is 16.7. The Morgan fingerprint density at radius 2 is 1.86 bits per heavy atom. The van der Waals surface area contributed by atoms with Crippen molar-refractivity contribution in [2.24, 2.45) is 0 Å². The number of fused-ring (bicyclic) bond motifs is 1. The first kappa shape index (κ1) is 24.5. The second-order valence-electron chi connectivity index (χ2n) is 9.56. The molecule has 0 radical (unpaired) electrons. The number of carboxylic acids is 1. The number of benzene rings is 3. The molecule has 1 aliphatic heterocycles. The van der Waals surface area contributed by atoms with Crippen molar-refractivity contribution in [1.82, 2.24) is 4.90 Å². The smallest absolute Gasteiger partial charge is 0.323 e. The molecule has 0 aromatic heterocycles. The molecule has 1 heterocycles. The third-order valence-corrected chi connectivity index (χ3v) is 6.35. The number of halogens is 1. The third-order valence-electron chi connectivity index (χ3n) is 6.35. The van der Waals surface area contributed by atoms with E-state index in [9.17, 15) is 19.1 Å². The van der Waals surface area contributed by atoms with Gasteiger partial charge in [0.25, 0.3) is 0 Å². The molecular formula is C29H30FNO4. The van der Waals surface area contributed by atoms with E-state index < -0.39 is 11.6 Å². The lowest BCUT2D eigenvalue weighted by atomic mass is 9.91. The van der Waals surface area contributed by atoms with Crippen molar-refractivity contribution in [1.29, 1.82) is 0 Å². The van der Waals surface area contributed by atoms with E-state index in [1.807, 2.05) is 62.4 Å². The fraction of sp³-hybridized carbons (Fsp3) is 0.310. The number of rotatable bonds is 9. The molecule has 0 saturated carbocycles. The minimum absolute atomic E-state index is 0.110. The fourth-order valence-corrected chi connectivity index (χ4v) is 4.70. The number of carbonyl (C=O) groups is 2. The highest BCUT2D eigenvalue weighted by atomic mass is 19.1. The normalized spacial score (nSPS) is 16.4. The molecule has 1 N–H and O–H groups in total. The van der Waals surface area contributed by atoms with Crippen molar-refractivity contribution >= 4 is 11.9 Å². The van der Waals surface area contributed by atoms with Crippen LogP contribution in [0, 0.1) is 12.7 Å². The minimum Gasteiger partial charge on any atom is -0.487 e. The Kier molecular flexibility index (Phi) is 7.20. The molecule has 3 aromatic carbocycles. The molecule has 0 saturated heterocycles. The first-order valence-electron chi connectivity index (χ1n) is 11.8. The van der Waals surface area contributed by atoms with Crippen molar-refractivity contribution in [2.45, 2.75) is 45.1 Å². The van der Waals surface area contributed by atoms with Gasteiger partial charge in [0.05, 0.1) is 6.42 Å². The lowest BCUT2D eigenvalue weighted by molar-refractivity contribution is -0.144. The number of ether oxygens (including phenoxy) is 1. The Morgan fingerprint density at radius 1 is 1.06 bits per heavy atom. The maximum absolute atomic E-state index is 14.2. The van der Waals surface area contributed by atoms with Gasteiger partial charge in [0, 0.05) is 19.4 Å². The maximum Gasteiger partial charge on any atom is 0.323 e. The van der Waals surface area contributed by atoms with Crippen LogP contribution in [0.1, 0.15) is 34.7 Å². The minimum atomic E-state index is -1.03. The number of amides is 1. The summed E-state index contributed by atoms with van der Waals surface area (Å²) in [6, 6.07) is 20.3. The molecule has 3 aromatic rings. The molecule has 4 rings (SSSR count). The lowest BCUT2D eigenvalue weighted by Crippen LogP contribution is -2.38. The van der Waals surface area contributed by atoms with Crippen molar-refractivity contribution in [2.75, 3.05) is 13.1 Å². The van der Waals surface area contributed by atoms with Crippen molar-refractivity contribution < 1.29 is 23.8 Å². The quantitative estimate of drug-likeness (QED) is 0.484. The summed E-state index contributed by atoms with van der Waals surface area (Å²) >= 11 is 0. The van der Waals surface area contributed by atoms with Crippen molar-refractivity contribution in [3.05, 3.63) is 100 Å². The van der Waals surface area contributed by atoms with E-state index in [2.05, 4.69) is 0 Å². The van der Waals surface area contributed by atoms with Crippen LogP contribution in [0.25, 0.3) is 0 Å². The van der Waals surface area contributed by atoms with Gasteiger partial charge in [-0.25, -0.2) is 4.39 Å². The van der Waals surface area contributed by atoms with Gasteiger partial charge < -0.3 is 14.7 Å². The SMILES string of the molecule is Cc1cccc(CCN(CC(=O)O)C(=O)Cc2ccc3c(c2)CC(C)(Cc2ccccc2F)O3)c1. The molecule has 0 fully saturated rings. The summed E-state index contributed by atoms with van der Waals surface area (Å²) in [5.41, 5.74) is 4.00. The molecule has 1 atom stereocenters. The van der Waals surface area contributed by atoms with Gasteiger partial charge in [0.2, 0.25) is 5.91 Å².